The Kier molecular flexibility index (Phi) is 5.06. The SMILES string of the molecule is O=C/C=C(S)/C=C(\S)C=O. The van der Waals surface area contributed by atoms with Gasteiger partial charge in [-0.2, -0.15) is 0 Å². The van der Waals surface area contributed by atoms with Crippen LogP contribution in [-0.2, 0) is 9.59 Å². The van der Waals surface area contributed by atoms with Crippen molar-refractivity contribution in [1.82, 2.24) is 0 Å². The Morgan fingerprint density at radius 1 is 1.10 bits per heavy atom. The van der Waals surface area contributed by atoms with Gasteiger partial charge in [0.05, 0.1) is 0 Å². The van der Waals surface area contributed by atoms with E-state index in [2.05, 4.69) is 25.3 Å². The normalized spacial score (nSPS) is 13.0. The summed E-state index contributed by atoms with van der Waals surface area (Å²) in [4.78, 5) is 20.4. The third-order valence-electron chi connectivity index (χ3n) is 0.655. The lowest BCUT2D eigenvalue weighted by molar-refractivity contribution is -0.105. The Morgan fingerprint density at radius 3 is 2.10 bits per heavy atom. The first-order valence-electron chi connectivity index (χ1n) is 2.41. The van der Waals surface area contributed by atoms with Gasteiger partial charge in [-0.05, 0) is 12.2 Å². The molecular weight excluding hydrogens is 168 g/mol. The first-order chi connectivity index (χ1) is 4.70. The number of thiol groups is 2. The molecule has 0 aromatic rings. The van der Waals surface area contributed by atoms with Crippen LogP contribution in [0, 0.1) is 0 Å². The molecule has 0 unspecified atom stereocenters. The second-order valence-corrected chi connectivity index (χ2v) is 2.45. The summed E-state index contributed by atoms with van der Waals surface area (Å²) in [6, 6.07) is 0. The van der Waals surface area contributed by atoms with Crippen LogP contribution >= 0.6 is 25.3 Å². The van der Waals surface area contributed by atoms with Crippen molar-refractivity contribution in [3.63, 3.8) is 0 Å². The Balaban J connectivity index is 4.24. The third kappa shape index (κ3) is 4.40. The molecule has 0 saturated heterocycles. The maximum atomic E-state index is 9.95. The fraction of sp³-hybridized carbons (Fsp3) is 0. The summed E-state index contributed by atoms with van der Waals surface area (Å²) in [5.41, 5.74) is 0. The second kappa shape index (κ2) is 5.32. The van der Waals surface area contributed by atoms with E-state index in [9.17, 15) is 9.59 Å². The summed E-state index contributed by atoms with van der Waals surface area (Å²) in [6.07, 6.45) is 3.76. The van der Waals surface area contributed by atoms with Gasteiger partial charge < -0.3 is 0 Å². The minimum Gasteiger partial charge on any atom is -0.299 e. The molecule has 0 saturated carbocycles. The van der Waals surface area contributed by atoms with E-state index >= 15 is 0 Å². The topological polar surface area (TPSA) is 34.1 Å². The zero-order valence-electron chi connectivity index (χ0n) is 5.02. The molecule has 0 aliphatic heterocycles. The molecule has 2 nitrogen and oxygen atoms in total. The molecule has 54 valence electrons. The predicted octanol–water partition coefficient (Wildman–Crippen LogP) is 1.01. The number of carbonyl (C=O) groups excluding carboxylic acids is 2. The van der Waals surface area contributed by atoms with Crippen molar-refractivity contribution in [1.29, 1.82) is 0 Å². The molecule has 0 aromatic heterocycles. The number of rotatable bonds is 3. The molecule has 10 heavy (non-hydrogen) atoms. The fourth-order valence-electron chi connectivity index (χ4n) is 0.303. The van der Waals surface area contributed by atoms with Gasteiger partial charge in [-0.15, -0.1) is 25.3 Å². The minimum absolute atomic E-state index is 0.239. The second-order valence-electron chi connectivity index (χ2n) is 1.41. The van der Waals surface area contributed by atoms with Gasteiger partial charge in [-0.1, -0.05) is 0 Å². The molecule has 0 radical (unpaired) electrons. The van der Waals surface area contributed by atoms with E-state index in [1.165, 1.54) is 12.2 Å². The van der Waals surface area contributed by atoms with Gasteiger partial charge in [0, 0.05) is 9.81 Å². The van der Waals surface area contributed by atoms with E-state index in [0.29, 0.717) is 17.5 Å². The van der Waals surface area contributed by atoms with Crippen molar-refractivity contribution in [2.24, 2.45) is 0 Å². The van der Waals surface area contributed by atoms with Crippen LogP contribution in [0.4, 0.5) is 0 Å². The fourth-order valence-corrected chi connectivity index (χ4v) is 0.744. The number of aldehydes is 2. The molecule has 0 amide bonds. The van der Waals surface area contributed by atoms with Crippen LogP contribution in [0.3, 0.4) is 0 Å². The monoisotopic (exact) mass is 174 g/mol. The summed E-state index contributed by atoms with van der Waals surface area (Å²) >= 11 is 7.60. The maximum Gasteiger partial charge on any atom is 0.156 e. The molecule has 0 heterocycles. The third-order valence-corrected chi connectivity index (χ3v) is 1.17. The molecule has 0 rings (SSSR count). The van der Waals surface area contributed by atoms with E-state index < -0.39 is 0 Å². The number of allylic oxidation sites excluding steroid dienone is 3. The van der Waals surface area contributed by atoms with E-state index in [-0.39, 0.29) is 4.91 Å². The van der Waals surface area contributed by atoms with Crippen LogP contribution in [0.1, 0.15) is 0 Å². The van der Waals surface area contributed by atoms with Crippen molar-refractivity contribution in [2.45, 2.75) is 0 Å². The average Bonchev–Trinajstić information content (AvgIpc) is 1.88. The summed E-state index contributed by atoms with van der Waals surface area (Å²) in [5, 5.41) is 0. The van der Waals surface area contributed by atoms with Crippen LogP contribution in [0.2, 0.25) is 0 Å². The smallest absolute Gasteiger partial charge is 0.156 e. The summed E-state index contributed by atoms with van der Waals surface area (Å²) in [5.74, 6) is 0. The molecule has 0 N–H and O–H groups in total. The first-order valence-corrected chi connectivity index (χ1v) is 3.30. The Labute approximate surface area is 69.8 Å². The molecule has 4 heteroatoms. The van der Waals surface area contributed by atoms with E-state index in [0.717, 1.165) is 0 Å². The van der Waals surface area contributed by atoms with Gasteiger partial charge in [0.15, 0.2) is 6.29 Å². The number of hydrogen-bond acceptors (Lipinski definition) is 4. The summed E-state index contributed by atoms with van der Waals surface area (Å²) in [7, 11) is 0. The lowest BCUT2D eigenvalue weighted by Gasteiger charge is -1.85. The number of carbonyl (C=O) groups is 2. The van der Waals surface area contributed by atoms with Crippen molar-refractivity contribution >= 4 is 37.8 Å². The van der Waals surface area contributed by atoms with E-state index in [4.69, 9.17) is 0 Å². The van der Waals surface area contributed by atoms with Gasteiger partial charge in [-0.25, -0.2) is 0 Å². The standard InChI is InChI=1S/C6H6O2S2/c7-2-1-5(9)3-6(10)4-8/h1-4,9-10H/b5-1-,6-3-. The highest BCUT2D eigenvalue weighted by Gasteiger charge is 1.86. The van der Waals surface area contributed by atoms with Crippen LogP contribution in [-0.4, -0.2) is 12.6 Å². The Hall–Kier alpha value is -0.480. The van der Waals surface area contributed by atoms with Crippen LogP contribution in [0.15, 0.2) is 22.0 Å². The highest BCUT2D eigenvalue weighted by molar-refractivity contribution is 7.86. The van der Waals surface area contributed by atoms with Crippen LogP contribution < -0.4 is 0 Å². The zero-order valence-corrected chi connectivity index (χ0v) is 6.81. The van der Waals surface area contributed by atoms with Crippen molar-refractivity contribution in [2.75, 3.05) is 0 Å². The van der Waals surface area contributed by atoms with Crippen molar-refractivity contribution in [3.8, 4) is 0 Å². The highest BCUT2D eigenvalue weighted by atomic mass is 32.1. The van der Waals surface area contributed by atoms with Gasteiger partial charge in [-0.3, -0.25) is 9.59 Å². The zero-order chi connectivity index (χ0) is 7.98. The number of hydrogen-bond donors (Lipinski definition) is 2. The first kappa shape index (κ1) is 9.52. The van der Waals surface area contributed by atoms with Gasteiger partial charge >= 0.3 is 0 Å². The maximum absolute atomic E-state index is 9.95. The molecule has 0 aliphatic rings. The summed E-state index contributed by atoms with van der Waals surface area (Å²) < 4.78 is 0. The van der Waals surface area contributed by atoms with E-state index in [1.807, 2.05) is 0 Å². The predicted molar refractivity (Wildman–Crippen MR) is 46.3 cm³/mol. The molecule has 0 aromatic carbocycles. The van der Waals surface area contributed by atoms with Gasteiger partial charge in [0.1, 0.15) is 6.29 Å². The molecular formula is C6H6O2S2. The lowest BCUT2D eigenvalue weighted by atomic mass is 10.4. The van der Waals surface area contributed by atoms with Crippen molar-refractivity contribution < 1.29 is 9.59 Å². The molecule has 0 fully saturated rings. The summed E-state index contributed by atoms with van der Waals surface area (Å²) in [6.45, 7) is 0. The lowest BCUT2D eigenvalue weighted by Crippen LogP contribution is -1.73. The minimum atomic E-state index is 0.239. The molecule has 0 bridgehead atoms. The Bertz CT molecular complexity index is 194. The van der Waals surface area contributed by atoms with Gasteiger partial charge in [0.25, 0.3) is 0 Å². The average molecular weight is 174 g/mol. The van der Waals surface area contributed by atoms with Crippen LogP contribution in [0.25, 0.3) is 0 Å². The van der Waals surface area contributed by atoms with Gasteiger partial charge in [0.2, 0.25) is 0 Å². The van der Waals surface area contributed by atoms with E-state index in [1.54, 1.807) is 0 Å². The highest BCUT2D eigenvalue weighted by Crippen LogP contribution is 2.06. The quantitative estimate of drug-likeness (QED) is 0.290. The Morgan fingerprint density at radius 2 is 1.70 bits per heavy atom. The largest absolute Gasteiger partial charge is 0.299 e. The van der Waals surface area contributed by atoms with Crippen molar-refractivity contribution in [3.05, 3.63) is 22.0 Å². The molecule has 0 aliphatic carbocycles. The molecule has 0 spiro atoms. The van der Waals surface area contributed by atoms with Crippen LogP contribution in [0.5, 0.6) is 0 Å². The molecule has 0 atom stereocenters.